The van der Waals surface area contributed by atoms with E-state index in [1.165, 1.54) is 4.68 Å². The van der Waals surface area contributed by atoms with Crippen LogP contribution < -0.4 is 10.5 Å². The number of carbonyl (C=O) groups is 1. The summed E-state index contributed by atoms with van der Waals surface area (Å²) in [6.07, 6.45) is 5.03. The van der Waals surface area contributed by atoms with Crippen LogP contribution in [0.3, 0.4) is 0 Å². The fourth-order valence-corrected chi connectivity index (χ4v) is 3.90. The summed E-state index contributed by atoms with van der Waals surface area (Å²) in [6.45, 7) is 2.36. The van der Waals surface area contributed by atoms with E-state index in [0.717, 1.165) is 29.4 Å². The van der Waals surface area contributed by atoms with Gasteiger partial charge in [0, 0.05) is 45.2 Å². The number of hydrogen-bond acceptors (Lipinski definition) is 6. The third kappa shape index (κ3) is 3.93. The number of benzene rings is 1. The van der Waals surface area contributed by atoms with Gasteiger partial charge in [-0.2, -0.15) is 10.2 Å². The number of amides is 1. The molecule has 3 aromatic rings. The van der Waals surface area contributed by atoms with E-state index in [2.05, 4.69) is 15.3 Å². The molecule has 1 aromatic carbocycles. The van der Waals surface area contributed by atoms with Gasteiger partial charge in [0.2, 0.25) is 0 Å². The molecular formula is C21H26N6O3. The number of fused-ring (bicyclic) bond motifs is 1. The topological polar surface area (TPSA) is 96.3 Å². The zero-order valence-electron chi connectivity index (χ0n) is 17.2. The summed E-state index contributed by atoms with van der Waals surface area (Å²) in [5.74, 6) is -0.0569. The Labute approximate surface area is 174 Å². The summed E-state index contributed by atoms with van der Waals surface area (Å²) in [4.78, 5) is 29.6. The quantitative estimate of drug-likeness (QED) is 0.664. The minimum absolute atomic E-state index is 0.0569. The van der Waals surface area contributed by atoms with Crippen LogP contribution in [0.25, 0.3) is 10.9 Å². The number of para-hydroxylation sites is 1. The van der Waals surface area contributed by atoms with Gasteiger partial charge in [0.15, 0.2) is 0 Å². The number of H-pyrrole nitrogens is 1. The molecule has 0 radical (unpaired) electrons. The summed E-state index contributed by atoms with van der Waals surface area (Å²) in [5.41, 5.74) is 1.93. The second-order valence-electron chi connectivity index (χ2n) is 7.60. The van der Waals surface area contributed by atoms with Gasteiger partial charge in [0.05, 0.1) is 41.8 Å². The Morgan fingerprint density at radius 3 is 3.03 bits per heavy atom. The number of piperidine rings is 1. The second kappa shape index (κ2) is 8.66. The molecule has 9 nitrogen and oxygen atoms in total. The lowest BCUT2D eigenvalue weighted by Crippen LogP contribution is -2.43. The standard InChI is InChI=1S/C21H26N6O3/c1-25(9-10-30-2)17-11-19(28)27(23-13-17)16-6-4-8-26(14-16)21(29)18-7-3-5-15-12-22-24-20(15)18/h3,5,7,11-13,16H,4,6,8-10,14H2,1-2H3,(H,22,24)/t16-/m0/s1. The molecule has 1 saturated heterocycles. The molecule has 1 fully saturated rings. The van der Waals surface area contributed by atoms with Crippen LogP contribution >= 0.6 is 0 Å². The first kappa shape index (κ1) is 20.1. The number of nitrogens with zero attached hydrogens (tertiary/aromatic N) is 5. The molecule has 0 saturated carbocycles. The number of methoxy groups -OCH3 is 1. The lowest BCUT2D eigenvalue weighted by molar-refractivity contribution is 0.0671. The lowest BCUT2D eigenvalue weighted by atomic mass is 10.0. The Hall–Kier alpha value is -3.20. The SMILES string of the molecule is COCCN(C)c1cnn([C@H]2CCCN(C(=O)c3cccc4cn[nH]c34)C2)c(=O)c1. The maximum Gasteiger partial charge on any atom is 0.269 e. The van der Waals surface area contributed by atoms with Crippen molar-refractivity contribution in [1.29, 1.82) is 0 Å². The van der Waals surface area contributed by atoms with Crippen molar-refractivity contribution < 1.29 is 9.53 Å². The summed E-state index contributed by atoms with van der Waals surface area (Å²) in [6, 6.07) is 7.03. The monoisotopic (exact) mass is 410 g/mol. The van der Waals surface area contributed by atoms with Crippen LogP contribution in [0.4, 0.5) is 5.69 Å². The van der Waals surface area contributed by atoms with Crippen LogP contribution in [-0.4, -0.2) is 71.2 Å². The number of likely N-dealkylation sites (N-methyl/N-ethyl adjacent to an activating group) is 1. The highest BCUT2D eigenvalue weighted by Gasteiger charge is 2.28. The van der Waals surface area contributed by atoms with Gasteiger partial charge in [-0.15, -0.1) is 0 Å². The molecule has 4 rings (SSSR count). The van der Waals surface area contributed by atoms with Gasteiger partial charge in [-0.05, 0) is 18.9 Å². The van der Waals surface area contributed by atoms with E-state index in [9.17, 15) is 9.59 Å². The molecule has 1 aliphatic rings. The Kier molecular flexibility index (Phi) is 5.80. The van der Waals surface area contributed by atoms with Crippen LogP contribution in [0.2, 0.25) is 0 Å². The first-order valence-electron chi connectivity index (χ1n) is 10.1. The molecule has 1 aliphatic heterocycles. The lowest BCUT2D eigenvalue weighted by Gasteiger charge is -2.33. The van der Waals surface area contributed by atoms with E-state index < -0.39 is 0 Å². The zero-order chi connectivity index (χ0) is 21.1. The molecule has 0 aliphatic carbocycles. The van der Waals surface area contributed by atoms with Crippen LogP contribution in [0.5, 0.6) is 0 Å². The van der Waals surface area contributed by atoms with Crippen LogP contribution in [0.15, 0.2) is 41.5 Å². The van der Waals surface area contributed by atoms with Crippen LogP contribution in [0, 0.1) is 0 Å². The largest absolute Gasteiger partial charge is 0.383 e. The predicted molar refractivity (Wildman–Crippen MR) is 114 cm³/mol. The van der Waals surface area contributed by atoms with Gasteiger partial charge in [0.1, 0.15) is 0 Å². The van der Waals surface area contributed by atoms with Crippen molar-refractivity contribution in [3.63, 3.8) is 0 Å². The number of likely N-dealkylation sites (tertiary alicyclic amines) is 1. The zero-order valence-corrected chi connectivity index (χ0v) is 17.2. The summed E-state index contributed by atoms with van der Waals surface area (Å²) in [7, 11) is 3.55. The summed E-state index contributed by atoms with van der Waals surface area (Å²) >= 11 is 0. The number of carbonyl (C=O) groups excluding carboxylic acids is 1. The Morgan fingerprint density at radius 1 is 1.37 bits per heavy atom. The van der Waals surface area contributed by atoms with Crippen molar-refractivity contribution in [2.75, 3.05) is 45.3 Å². The maximum atomic E-state index is 13.2. The van der Waals surface area contributed by atoms with Gasteiger partial charge >= 0.3 is 0 Å². The van der Waals surface area contributed by atoms with Crippen molar-refractivity contribution in [3.05, 3.63) is 52.6 Å². The summed E-state index contributed by atoms with van der Waals surface area (Å²) < 4.78 is 6.59. The number of rotatable bonds is 6. The van der Waals surface area contributed by atoms with E-state index in [1.807, 2.05) is 30.1 Å². The first-order valence-corrected chi connectivity index (χ1v) is 10.1. The molecule has 0 bridgehead atoms. The molecule has 1 atom stereocenters. The average Bonchev–Trinajstić information content (AvgIpc) is 3.26. The highest BCUT2D eigenvalue weighted by Crippen LogP contribution is 2.24. The number of aromatic amines is 1. The van der Waals surface area contributed by atoms with Gasteiger partial charge < -0.3 is 14.5 Å². The molecule has 1 amide bonds. The number of nitrogens with one attached hydrogen (secondary N) is 1. The van der Waals surface area contributed by atoms with E-state index >= 15 is 0 Å². The van der Waals surface area contributed by atoms with Crippen LogP contribution in [-0.2, 0) is 4.74 Å². The highest BCUT2D eigenvalue weighted by molar-refractivity contribution is 6.05. The van der Waals surface area contributed by atoms with Crippen molar-refractivity contribution in [2.24, 2.45) is 0 Å². The van der Waals surface area contributed by atoms with E-state index in [-0.39, 0.29) is 17.5 Å². The number of ether oxygens (including phenoxy) is 1. The van der Waals surface area contributed by atoms with Crippen molar-refractivity contribution in [3.8, 4) is 0 Å². The maximum absolute atomic E-state index is 13.2. The Balaban J connectivity index is 1.52. The van der Waals surface area contributed by atoms with Gasteiger partial charge in [-0.3, -0.25) is 14.7 Å². The minimum Gasteiger partial charge on any atom is -0.383 e. The molecule has 2 aromatic heterocycles. The van der Waals surface area contributed by atoms with Crippen LogP contribution in [0.1, 0.15) is 29.2 Å². The normalized spacial score (nSPS) is 16.7. The number of anilines is 1. The smallest absolute Gasteiger partial charge is 0.269 e. The van der Waals surface area contributed by atoms with E-state index in [4.69, 9.17) is 4.74 Å². The number of aromatic nitrogens is 4. The summed E-state index contributed by atoms with van der Waals surface area (Å²) in [5, 5.41) is 12.3. The molecule has 0 unspecified atom stereocenters. The molecule has 0 spiro atoms. The third-order valence-electron chi connectivity index (χ3n) is 5.62. The molecule has 158 valence electrons. The van der Waals surface area contributed by atoms with Gasteiger partial charge in [0.25, 0.3) is 11.5 Å². The molecule has 3 heterocycles. The first-order chi connectivity index (χ1) is 14.6. The van der Waals surface area contributed by atoms with E-state index in [1.54, 1.807) is 30.5 Å². The van der Waals surface area contributed by atoms with E-state index in [0.29, 0.717) is 31.8 Å². The predicted octanol–water partition coefficient (Wildman–Crippen LogP) is 1.68. The van der Waals surface area contributed by atoms with Crippen molar-refractivity contribution >= 4 is 22.5 Å². The highest BCUT2D eigenvalue weighted by atomic mass is 16.5. The third-order valence-corrected chi connectivity index (χ3v) is 5.62. The second-order valence-corrected chi connectivity index (χ2v) is 7.60. The van der Waals surface area contributed by atoms with Gasteiger partial charge in [-0.25, -0.2) is 4.68 Å². The van der Waals surface area contributed by atoms with Crippen molar-refractivity contribution in [2.45, 2.75) is 18.9 Å². The fourth-order valence-electron chi connectivity index (χ4n) is 3.90. The Morgan fingerprint density at radius 2 is 2.23 bits per heavy atom. The average molecular weight is 410 g/mol. The molecule has 1 N–H and O–H groups in total. The molecular weight excluding hydrogens is 384 g/mol. The van der Waals surface area contributed by atoms with Gasteiger partial charge in [-0.1, -0.05) is 12.1 Å². The fraction of sp³-hybridized carbons (Fsp3) is 0.429. The molecule has 30 heavy (non-hydrogen) atoms. The number of hydrogen-bond donors (Lipinski definition) is 1. The molecule has 9 heteroatoms. The van der Waals surface area contributed by atoms with Crippen molar-refractivity contribution in [1.82, 2.24) is 24.9 Å². The minimum atomic E-state index is -0.160. The Bertz CT molecular complexity index is 1090.